The molecule has 0 unspecified atom stereocenters. The SMILES string of the molecule is [B]c1ccc2c(cnn2CCCO)c1. The van der Waals surface area contributed by atoms with E-state index in [0.29, 0.717) is 0 Å². The second-order valence-corrected chi connectivity index (χ2v) is 3.26. The van der Waals surface area contributed by atoms with Crippen LogP contribution in [0, 0.1) is 0 Å². The highest BCUT2D eigenvalue weighted by Crippen LogP contribution is 2.11. The van der Waals surface area contributed by atoms with Crippen molar-refractivity contribution in [3.8, 4) is 0 Å². The normalized spacial score (nSPS) is 10.9. The summed E-state index contributed by atoms with van der Waals surface area (Å²) in [6.07, 6.45) is 2.52. The van der Waals surface area contributed by atoms with E-state index in [2.05, 4.69) is 5.10 Å². The van der Waals surface area contributed by atoms with Gasteiger partial charge in [0.2, 0.25) is 0 Å². The fourth-order valence-corrected chi connectivity index (χ4v) is 1.50. The number of rotatable bonds is 3. The van der Waals surface area contributed by atoms with Crippen LogP contribution in [0.1, 0.15) is 6.42 Å². The molecule has 2 radical (unpaired) electrons. The summed E-state index contributed by atoms with van der Waals surface area (Å²) in [7, 11) is 5.66. The van der Waals surface area contributed by atoms with Crippen molar-refractivity contribution in [3.63, 3.8) is 0 Å². The molecule has 0 spiro atoms. The van der Waals surface area contributed by atoms with Crippen molar-refractivity contribution in [2.24, 2.45) is 0 Å². The van der Waals surface area contributed by atoms with Gasteiger partial charge in [-0.05, 0) is 12.5 Å². The minimum absolute atomic E-state index is 0.191. The fourth-order valence-electron chi connectivity index (χ4n) is 1.50. The van der Waals surface area contributed by atoms with Gasteiger partial charge in [0, 0.05) is 18.5 Å². The monoisotopic (exact) mass is 186 g/mol. The molecule has 3 nitrogen and oxygen atoms in total. The molecule has 1 heterocycles. The van der Waals surface area contributed by atoms with E-state index < -0.39 is 0 Å². The lowest BCUT2D eigenvalue weighted by molar-refractivity contribution is 0.278. The van der Waals surface area contributed by atoms with Crippen LogP contribution in [0.5, 0.6) is 0 Å². The lowest BCUT2D eigenvalue weighted by Crippen LogP contribution is -2.03. The van der Waals surface area contributed by atoms with Crippen LogP contribution in [-0.2, 0) is 6.54 Å². The summed E-state index contributed by atoms with van der Waals surface area (Å²) in [4.78, 5) is 0. The molecular weight excluding hydrogens is 175 g/mol. The number of hydrogen-bond acceptors (Lipinski definition) is 2. The molecule has 70 valence electrons. The zero-order chi connectivity index (χ0) is 9.97. The maximum absolute atomic E-state index is 8.72. The molecular formula is C10H11BN2O. The number of aryl methyl sites for hydroxylation is 1. The zero-order valence-electron chi connectivity index (χ0n) is 7.85. The molecule has 14 heavy (non-hydrogen) atoms. The van der Waals surface area contributed by atoms with Gasteiger partial charge < -0.3 is 5.11 Å². The lowest BCUT2D eigenvalue weighted by Gasteiger charge is -2.01. The minimum atomic E-state index is 0.191. The Balaban J connectivity index is 2.37. The zero-order valence-corrected chi connectivity index (χ0v) is 7.85. The summed E-state index contributed by atoms with van der Waals surface area (Å²) >= 11 is 0. The van der Waals surface area contributed by atoms with Gasteiger partial charge in [-0.1, -0.05) is 17.6 Å². The predicted molar refractivity (Wildman–Crippen MR) is 56.8 cm³/mol. The summed E-state index contributed by atoms with van der Waals surface area (Å²) < 4.78 is 1.88. The molecule has 0 bridgehead atoms. The van der Waals surface area contributed by atoms with Gasteiger partial charge in [-0.25, -0.2) is 0 Å². The molecule has 2 aromatic rings. The summed E-state index contributed by atoms with van der Waals surface area (Å²) in [5.74, 6) is 0. The third-order valence-corrected chi connectivity index (χ3v) is 2.19. The maximum atomic E-state index is 8.72. The molecule has 0 saturated heterocycles. The van der Waals surface area contributed by atoms with Gasteiger partial charge in [-0.3, -0.25) is 4.68 Å². The second-order valence-electron chi connectivity index (χ2n) is 3.26. The number of aliphatic hydroxyl groups is 1. The largest absolute Gasteiger partial charge is 0.396 e. The van der Waals surface area contributed by atoms with E-state index in [4.69, 9.17) is 13.0 Å². The van der Waals surface area contributed by atoms with Crippen molar-refractivity contribution in [1.29, 1.82) is 0 Å². The highest BCUT2D eigenvalue weighted by Gasteiger charge is 2.01. The van der Waals surface area contributed by atoms with Crippen molar-refractivity contribution in [3.05, 3.63) is 24.4 Å². The molecule has 0 aliphatic carbocycles. The molecule has 0 aliphatic heterocycles. The fraction of sp³-hybridized carbons (Fsp3) is 0.300. The molecule has 0 fully saturated rings. The van der Waals surface area contributed by atoms with Crippen molar-refractivity contribution in [2.75, 3.05) is 6.61 Å². The van der Waals surface area contributed by atoms with Crippen molar-refractivity contribution in [2.45, 2.75) is 13.0 Å². The van der Waals surface area contributed by atoms with Crippen LogP contribution in [0.4, 0.5) is 0 Å². The van der Waals surface area contributed by atoms with E-state index in [1.807, 2.05) is 22.9 Å². The molecule has 4 heteroatoms. The van der Waals surface area contributed by atoms with Crippen LogP contribution < -0.4 is 5.46 Å². The quantitative estimate of drug-likeness (QED) is 0.696. The van der Waals surface area contributed by atoms with Gasteiger partial charge in [0.25, 0.3) is 0 Å². The Morgan fingerprint density at radius 1 is 1.43 bits per heavy atom. The Bertz CT molecular complexity index is 439. The summed E-state index contributed by atoms with van der Waals surface area (Å²) in [5, 5.41) is 14.0. The summed E-state index contributed by atoms with van der Waals surface area (Å²) in [6, 6.07) is 5.71. The number of hydrogen-bond donors (Lipinski definition) is 1. The molecule has 2 rings (SSSR count). The van der Waals surface area contributed by atoms with Crippen molar-refractivity contribution < 1.29 is 5.11 Å². The highest BCUT2D eigenvalue weighted by molar-refractivity contribution is 6.33. The highest BCUT2D eigenvalue weighted by atomic mass is 16.3. The first-order chi connectivity index (χ1) is 6.81. The van der Waals surface area contributed by atoms with Crippen LogP contribution in [0.25, 0.3) is 10.9 Å². The van der Waals surface area contributed by atoms with Gasteiger partial charge in [-0.15, -0.1) is 0 Å². The predicted octanol–water partition coefficient (Wildman–Crippen LogP) is 0.212. The molecule has 0 aliphatic rings. The Kier molecular flexibility index (Phi) is 2.54. The van der Waals surface area contributed by atoms with E-state index >= 15 is 0 Å². The van der Waals surface area contributed by atoms with E-state index in [-0.39, 0.29) is 6.61 Å². The average molecular weight is 186 g/mol. The number of nitrogens with zero attached hydrogens (tertiary/aromatic N) is 2. The first kappa shape index (κ1) is 9.28. The molecule has 0 saturated carbocycles. The topological polar surface area (TPSA) is 38.0 Å². The van der Waals surface area contributed by atoms with E-state index in [9.17, 15) is 0 Å². The average Bonchev–Trinajstić information content (AvgIpc) is 2.57. The van der Waals surface area contributed by atoms with Crippen molar-refractivity contribution in [1.82, 2.24) is 9.78 Å². The second kappa shape index (κ2) is 3.84. The van der Waals surface area contributed by atoms with Gasteiger partial charge in [0.05, 0.1) is 11.7 Å². The standard InChI is InChI=1S/C10H11BN2O/c11-9-2-3-10-8(6-9)7-12-13(10)4-1-5-14/h2-3,6-7,14H,1,4-5H2. The number of fused-ring (bicyclic) bond motifs is 1. The Hall–Kier alpha value is -1.29. The van der Waals surface area contributed by atoms with Crippen molar-refractivity contribution >= 4 is 24.2 Å². The summed E-state index contributed by atoms with van der Waals surface area (Å²) in [5.41, 5.74) is 1.81. The van der Waals surface area contributed by atoms with Crippen LogP contribution in [0.2, 0.25) is 0 Å². The van der Waals surface area contributed by atoms with Crippen LogP contribution in [0.3, 0.4) is 0 Å². The molecule has 0 amide bonds. The number of aromatic nitrogens is 2. The number of aliphatic hydroxyl groups excluding tert-OH is 1. The lowest BCUT2D eigenvalue weighted by atomic mass is 9.95. The van der Waals surface area contributed by atoms with Crippen LogP contribution in [-0.4, -0.2) is 29.3 Å². The summed E-state index contributed by atoms with van der Waals surface area (Å²) in [6.45, 7) is 0.931. The first-order valence-electron chi connectivity index (χ1n) is 4.63. The molecule has 1 aromatic heterocycles. The van der Waals surface area contributed by atoms with Gasteiger partial charge in [-0.2, -0.15) is 5.10 Å². The van der Waals surface area contributed by atoms with E-state index in [1.54, 1.807) is 6.20 Å². The Labute approximate surface area is 83.8 Å². The Morgan fingerprint density at radius 3 is 3.07 bits per heavy atom. The maximum Gasteiger partial charge on any atom is 0.113 e. The Morgan fingerprint density at radius 2 is 2.29 bits per heavy atom. The smallest absolute Gasteiger partial charge is 0.113 e. The number of benzene rings is 1. The van der Waals surface area contributed by atoms with E-state index in [0.717, 1.165) is 29.3 Å². The van der Waals surface area contributed by atoms with Gasteiger partial charge in [0.15, 0.2) is 0 Å². The van der Waals surface area contributed by atoms with Crippen LogP contribution >= 0.6 is 0 Å². The minimum Gasteiger partial charge on any atom is -0.396 e. The third kappa shape index (κ3) is 1.66. The molecule has 1 N–H and O–H groups in total. The third-order valence-electron chi connectivity index (χ3n) is 2.19. The van der Waals surface area contributed by atoms with E-state index in [1.165, 1.54) is 0 Å². The molecule has 1 aromatic carbocycles. The molecule has 0 atom stereocenters. The van der Waals surface area contributed by atoms with Gasteiger partial charge >= 0.3 is 0 Å². The first-order valence-corrected chi connectivity index (χ1v) is 4.63. The van der Waals surface area contributed by atoms with Crippen LogP contribution in [0.15, 0.2) is 24.4 Å². The van der Waals surface area contributed by atoms with Gasteiger partial charge in [0.1, 0.15) is 7.85 Å².